The van der Waals surface area contributed by atoms with Crippen molar-refractivity contribution >= 4 is 6.01 Å². The highest BCUT2D eigenvalue weighted by molar-refractivity contribution is 5.42. The van der Waals surface area contributed by atoms with Gasteiger partial charge >= 0.3 is 0 Å². The van der Waals surface area contributed by atoms with E-state index in [0.717, 1.165) is 31.3 Å². The Morgan fingerprint density at radius 2 is 1.95 bits per heavy atom. The van der Waals surface area contributed by atoms with Crippen LogP contribution in [0.4, 0.5) is 6.01 Å². The summed E-state index contributed by atoms with van der Waals surface area (Å²) in [7, 11) is 0. The Labute approximate surface area is 112 Å². The van der Waals surface area contributed by atoms with Gasteiger partial charge in [-0.25, -0.2) is 0 Å². The second-order valence-corrected chi connectivity index (χ2v) is 5.40. The van der Waals surface area contributed by atoms with Gasteiger partial charge in [0.15, 0.2) is 0 Å². The van der Waals surface area contributed by atoms with Crippen LogP contribution in [-0.2, 0) is 19.6 Å². The van der Waals surface area contributed by atoms with Gasteiger partial charge in [0.2, 0.25) is 0 Å². The molecule has 0 amide bonds. The first-order chi connectivity index (χ1) is 9.38. The molecule has 4 nitrogen and oxygen atoms in total. The molecule has 1 aromatic heterocycles. The summed E-state index contributed by atoms with van der Waals surface area (Å²) in [5.74, 6) is 0. The summed E-state index contributed by atoms with van der Waals surface area (Å²) >= 11 is 0. The molecular formula is C15H17N3O. The minimum atomic E-state index is 0.705. The Hall–Kier alpha value is -1.81. The van der Waals surface area contributed by atoms with Crippen LogP contribution in [-0.4, -0.2) is 11.0 Å². The van der Waals surface area contributed by atoms with Crippen LogP contribution in [0.5, 0.6) is 0 Å². The Morgan fingerprint density at radius 3 is 2.63 bits per heavy atom. The zero-order valence-corrected chi connectivity index (χ0v) is 10.8. The lowest BCUT2D eigenvalue weighted by Gasteiger charge is -2.11. The molecule has 2 aromatic rings. The van der Waals surface area contributed by atoms with E-state index in [1.807, 2.05) is 0 Å². The standard InChI is InChI=1S/C15H17N3O/c1-2-4-12-9-18(8-11(12)3-1)15-17-14(10-19-15)7-16-13-5-6-13/h1-4,10,13,16H,5-9H2. The highest BCUT2D eigenvalue weighted by Gasteiger charge is 2.23. The molecule has 0 radical (unpaired) electrons. The molecule has 1 aliphatic carbocycles. The van der Waals surface area contributed by atoms with Gasteiger partial charge in [0.1, 0.15) is 6.26 Å². The summed E-state index contributed by atoms with van der Waals surface area (Å²) in [5.41, 5.74) is 3.74. The van der Waals surface area contributed by atoms with Crippen LogP contribution in [0.1, 0.15) is 29.7 Å². The van der Waals surface area contributed by atoms with E-state index in [1.54, 1.807) is 6.26 Å². The van der Waals surface area contributed by atoms with Crippen molar-refractivity contribution in [2.45, 2.75) is 38.5 Å². The van der Waals surface area contributed by atoms with Crippen LogP contribution in [0.3, 0.4) is 0 Å². The van der Waals surface area contributed by atoms with Gasteiger partial charge < -0.3 is 14.6 Å². The van der Waals surface area contributed by atoms with E-state index in [0.29, 0.717) is 6.04 Å². The lowest BCUT2D eigenvalue weighted by Crippen LogP contribution is -2.17. The number of rotatable bonds is 4. The third kappa shape index (κ3) is 2.24. The Kier molecular flexibility index (Phi) is 2.55. The normalized spacial score (nSPS) is 17.8. The fourth-order valence-corrected chi connectivity index (χ4v) is 2.53. The second-order valence-electron chi connectivity index (χ2n) is 5.40. The number of nitrogens with zero attached hydrogens (tertiary/aromatic N) is 2. The minimum absolute atomic E-state index is 0.705. The number of hydrogen-bond donors (Lipinski definition) is 1. The topological polar surface area (TPSA) is 41.3 Å². The number of nitrogens with one attached hydrogen (secondary N) is 1. The van der Waals surface area contributed by atoms with Crippen molar-refractivity contribution in [2.24, 2.45) is 0 Å². The van der Waals surface area contributed by atoms with E-state index in [2.05, 4.69) is 39.5 Å². The molecule has 2 aliphatic rings. The van der Waals surface area contributed by atoms with Crippen LogP contribution in [0.15, 0.2) is 34.9 Å². The Balaban J connectivity index is 1.45. The molecule has 19 heavy (non-hydrogen) atoms. The zero-order valence-electron chi connectivity index (χ0n) is 10.8. The monoisotopic (exact) mass is 255 g/mol. The first-order valence-electron chi connectivity index (χ1n) is 6.88. The first kappa shape index (κ1) is 11.1. The van der Waals surface area contributed by atoms with Gasteiger partial charge in [-0.15, -0.1) is 0 Å². The van der Waals surface area contributed by atoms with Gasteiger partial charge in [0.25, 0.3) is 6.01 Å². The average Bonchev–Trinajstić information content (AvgIpc) is 2.99. The largest absolute Gasteiger partial charge is 0.432 e. The van der Waals surface area contributed by atoms with Crippen LogP contribution >= 0.6 is 0 Å². The molecule has 4 heteroatoms. The smallest absolute Gasteiger partial charge is 0.298 e. The average molecular weight is 255 g/mol. The molecule has 1 aromatic carbocycles. The molecule has 1 aliphatic heterocycles. The van der Waals surface area contributed by atoms with Crippen molar-refractivity contribution < 1.29 is 4.42 Å². The maximum atomic E-state index is 5.61. The van der Waals surface area contributed by atoms with Gasteiger partial charge in [-0.3, -0.25) is 0 Å². The number of hydrogen-bond acceptors (Lipinski definition) is 4. The van der Waals surface area contributed by atoms with Crippen molar-refractivity contribution in [3.8, 4) is 0 Å². The predicted octanol–water partition coefficient (Wildman–Crippen LogP) is 2.45. The molecule has 4 rings (SSSR count). The molecule has 98 valence electrons. The van der Waals surface area contributed by atoms with E-state index < -0.39 is 0 Å². The number of aromatic nitrogens is 1. The fraction of sp³-hybridized carbons (Fsp3) is 0.400. The van der Waals surface area contributed by atoms with E-state index >= 15 is 0 Å². The van der Waals surface area contributed by atoms with Crippen molar-refractivity contribution in [3.05, 3.63) is 47.3 Å². The highest BCUT2D eigenvalue weighted by Crippen LogP contribution is 2.27. The van der Waals surface area contributed by atoms with Gasteiger partial charge in [-0.05, 0) is 24.0 Å². The molecule has 0 bridgehead atoms. The first-order valence-corrected chi connectivity index (χ1v) is 6.88. The molecule has 1 saturated carbocycles. The number of anilines is 1. The molecule has 1 N–H and O–H groups in total. The van der Waals surface area contributed by atoms with Crippen molar-refractivity contribution in [3.63, 3.8) is 0 Å². The SMILES string of the molecule is c1ccc2c(c1)CN(c1nc(CNC3CC3)co1)C2. The van der Waals surface area contributed by atoms with Crippen molar-refractivity contribution in [2.75, 3.05) is 4.90 Å². The number of oxazole rings is 1. The van der Waals surface area contributed by atoms with Gasteiger partial charge in [0.05, 0.1) is 5.69 Å². The predicted molar refractivity (Wildman–Crippen MR) is 72.7 cm³/mol. The zero-order chi connectivity index (χ0) is 12.7. The van der Waals surface area contributed by atoms with Gasteiger partial charge in [-0.1, -0.05) is 24.3 Å². The Morgan fingerprint density at radius 1 is 1.21 bits per heavy atom. The fourth-order valence-electron chi connectivity index (χ4n) is 2.53. The van der Waals surface area contributed by atoms with E-state index in [-0.39, 0.29) is 0 Å². The third-order valence-corrected chi connectivity index (χ3v) is 3.80. The van der Waals surface area contributed by atoms with E-state index in [4.69, 9.17) is 4.42 Å². The summed E-state index contributed by atoms with van der Waals surface area (Å²) in [5, 5.41) is 3.45. The number of fused-ring (bicyclic) bond motifs is 1. The van der Waals surface area contributed by atoms with E-state index in [9.17, 15) is 0 Å². The summed E-state index contributed by atoms with van der Waals surface area (Å²) < 4.78 is 5.61. The Bertz CT molecular complexity index is 564. The van der Waals surface area contributed by atoms with Gasteiger partial charge in [-0.2, -0.15) is 4.98 Å². The third-order valence-electron chi connectivity index (χ3n) is 3.80. The maximum Gasteiger partial charge on any atom is 0.298 e. The van der Waals surface area contributed by atoms with Gasteiger partial charge in [0, 0.05) is 25.7 Å². The summed E-state index contributed by atoms with van der Waals surface area (Å²) in [4.78, 5) is 6.76. The second kappa shape index (κ2) is 4.38. The van der Waals surface area contributed by atoms with Crippen LogP contribution in [0.25, 0.3) is 0 Å². The number of benzene rings is 1. The quantitative estimate of drug-likeness (QED) is 0.911. The lowest BCUT2D eigenvalue weighted by molar-refractivity contribution is 0.536. The summed E-state index contributed by atoms with van der Waals surface area (Å²) in [6.45, 7) is 2.60. The molecule has 0 saturated heterocycles. The molecule has 0 unspecified atom stereocenters. The van der Waals surface area contributed by atoms with Crippen molar-refractivity contribution in [1.82, 2.24) is 10.3 Å². The summed E-state index contributed by atoms with van der Waals surface area (Å²) in [6, 6.07) is 9.97. The lowest BCUT2D eigenvalue weighted by atomic mass is 10.1. The molecule has 2 heterocycles. The molecule has 0 atom stereocenters. The van der Waals surface area contributed by atoms with Crippen molar-refractivity contribution in [1.29, 1.82) is 0 Å². The minimum Gasteiger partial charge on any atom is -0.432 e. The van der Waals surface area contributed by atoms with Crippen LogP contribution < -0.4 is 10.2 Å². The maximum absolute atomic E-state index is 5.61. The molecule has 1 fully saturated rings. The highest BCUT2D eigenvalue weighted by atomic mass is 16.4. The van der Waals surface area contributed by atoms with E-state index in [1.165, 1.54) is 24.0 Å². The summed E-state index contributed by atoms with van der Waals surface area (Å²) in [6.07, 6.45) is 4.37. The molecular weight excluding hydrogens is 238 g/mol. The molecule has 0 spiro atoms. The van der Waals surface area contributed by atoms with Crippen LogP contribution in [0, 0.1) is 0 Å². The van der Waals surface area contributed by atoms with Crippen LogP contribution in [0.2, 0.25) is 0 Å².